The zero-order chi connectivity index (χ0) is 19.6. The summed E-state index contributed by atoms with van der Waals surface area (Å²) in [6, 6.07) is 5.54. The van der Waals surface area contributed by atoms with E-state index in [4.69, 9.17) is 0 Å². The van der Waals surface area contributed by atoms with Crippen LogP contribution in [0.5, 0.6) is 5.75 Å². The number of hydrogen-bond donors (Lipinski definition) is 1. The molecule has 1 aliphatic rings. The summed E-state index contributed by atoms with van der Waals surface area (Å²) in [5, 5.41) is 7.42. The molecule has 2 atom stereocenters. The van der Waals surface area contributed by atoms with Crippen LogP contribution in [0.1, 0.15) is 17.0 Å². The van der Waals surface area contributed by atoms with Gasteiger partial charge in [0.25, 0.3) is 0 Å². The van der Waals surface area contributed by atoms with E-state index in [9.17, 15) is 18.0 Å². The highest BCUT2D eigenvalue weighted by molar-refractivity contribution is 5.85. The minimum absolute atomic E-state index is 0. The number of rotatable bonds is 5. The van der Waals surface area contributed by atoms with Crippen LogP contribution in [-0.4, -0.2) is 47.1 Å². The van der Waals surface area contributed by atoms with Crippen molar-refractivity contribution in [3.63, 3.8) is 0 Å². The predicted octanol–water partition coefficient (Wildman–Crippen LogP) is 2.70. The minimum atomic E-state index is -4.72. The first-order chi connectivity index (χ1) is 12.7. The Hall–Kier alpha value is -2.26. The molecule has 1 aliphatic heterocycles. The van der Waals surface area contributed by atoms with Gasteiger partial charge in [-0.15, -0.1) is 25.6 Å². The number of halogens is 4. The summed E-state index contributed by atoms with van der Waals surface area (Å²) in [7, 11) is 3.53. The number of benzene rings is 1. The maximum absolute atomic E-state index is 12.9. The van der Waals surface area contributed by atoms with Crippen molar-refractivity contribution in [2.75, 3.05) is 20.1 Å². The lowest BCUT2D eigenvalue weighted by atomic mass is 9.90. The van der Waals surface area contributed by atoms with Gasteiger partial charge >= 0.3 is 6.36 Å². The number of aryl methyl sites for hydroxylation is 1. The molecule has 0 unspecified atom stereocenters. The second-order valence-electron chi connectivity index (χ2n) is 6.70. The molecule has 1 aromatic carbocycles. The van der Waals surface area contributed by atoms with Gasteiger partial charge in [-0.05, 0) is 23.3 Å². The van der Waals surface area contributed by atoms with Gasteiger partial charge in [-0.2, -0.15) is 5.10 Å². The number of carbonyl (C=O) groups excluding carboxylic acids is 1. The van der Waals surface area contributed by atoms with Gasteiger partial charge in [0.1, 0.15) is 5.75 Å². The Kier molecular flexibility index (Phi) is 6.95. The molecule has 1 N–H and O–H groups in total. The van der Waals surface area contributed by atoms with Crippen molar-refractivity contribution < 1.29 is 22.7 Å². The van der Waals surface area contributed by atoms with Crippen molar-refractivity contribution in [2.45, 2.75) is 18.8 Å². The Labute approximate surface area is 167 Å². The van der Waals surface area contributed by atoms with Gasteiger partial charge in [0, 0.05) is 45.8 Å². The normalized spacial score (nSPS) is 19.2. The number of ether oxygens (including phenoxy) is 1. The standard InChI is InChI=1S/C18H21F3N4O2.ClH/c1-24(10-12-3-5-14(6-4-12)27-18(19,20)21)17(26)16-9-22-8-15(16)13-7-23-25(2)11-13;/h3-7,11,15-16,22H,8-10H2,1-2H3;1H/t15-,16+;/m1./s1. The predicted molar refractivity (Wildman–Crippen MR) is 99.2 cm³/mol. The minimum Gasteiger partial charge on any atom is -0.406 e. The highest BCUT2D eigenvalue weighted by Gasteiger charge is 2.36. The maximum atomic E-state index is 12.9. The SMILES string of the molecule is CN(Cc1ccc(OC(F)(F)F)cc1)C(=O)[C@H]1CNC[C@@H]1c1cnn(C)c1.Cl. The zero-order valence-corrected chi connectivity index (χ0v) is 16.3. The maximum Gasteiger partial charge on any atom is 0.573 e. The lowest BCUT2D eigenvalue weighted by molar-refractivity contribution is -0.274. The van der Waals surface area contributed by atoms with Crippen LogP contribution in [0.3, 0.4) is 0 Å². The molecule has 1 fully saturated rings. The van der Waals surface area contributed by atoms with Crippen molar-refractivity contribution in [3.8, 4) is 5.75 Å². The fraction of sp³-hybridized carbons (Fsp3) is 0.444. The number of carbonyl (C=O) groups is 1. The lowest BCUT2D eigenvalue weighted by Crippen LogP contribution is -2.35. The Morgan fingerprint density at radius 2 is 2.00 bits per heavy atom. The van der Waals surface area contributed by atoms with E-state index in [1.165, 1.54) is 24.3 Å². The van der Waals surface area contributed by atoms with Crippen LogP contribution in [-0.2, 0) is 18.4 Å². The second kappa shape index (κ2) is 8.83. The molecule has 3 rings (SSSR count). The van der Waals surface area contributed by atoms with E-state index in [1.54, 1.807) is 22.8 Å². The van der Waals surface area contributed by atoms with Crippen molar-refractivity contribution in [3.05, 3.63) is 47.8 Å². The largest absolute Gasteiger partial charge is 0.573 e. The summed E-state index contributed by atoms with van der Waals surface area (Å²) in [5.74, 6) is -0.440. The Balaban J connectivity index is 0.00000280. The molecule has 0 bridgehead atoms. The third-order valence-electron chi connectivity index (χ3n) is 4.64. The van der Waals surface area contributed by atoms with Gasteiger partial charge < -0.3 is 15.0 Å². The molecule has 0 spiro atoms. The molecule has 2 aromatic rings. The molecule has 6 nitrogen and oxygen atoms in total. The van der Waals surface area contributed by atoms with Gasteiger partial charge in [-0.25, -0.2) is 0 Å². The van der Waals surface area contributed by atoms with Gasteiger partial charge in [0.15, 0.2) is 0 Å². The van der Waals surface area contributed by atoms with Crippen molar-refractivity contribution in [1.29, 1.82) is 0 Å². The molecule has 0 radical (unpaired) electrons. The van der Waals surface area contributed by atoms with E-state index in [0.717, 1.165) is 11.1 Å². The molecule has 154 valence electrons. The van der Waals surface area contributed by atoms with E-state index >= 15 is 0 Å². The summed E-state index contributed by atoms with van der Waals surface area (Å²) in [4.78, 5) is 14.5. The van der Waals surface area contributed by atoms with Crippen LogP contribution in [0.25, 0.3) is 0 Å². The van der Waals surface area contributed by atoms with Crippen LogP contribution < -0.4 is 10.1 Å². The second-order valence-corrected chi connectivity index (χ2v) is 6.70. The van der Waals surface area contributed by atoms with Crippen LogP contribution in [0, 0.1) is 5.92 Å². The smallest absolute Gasteiger partial charge is 0.406 e. The van der Waals surface area contributed by atoms with E-state index in [-0.39, 0.29) is 35.9 Å². The highest BCUT2D eigenvalue weighted by atomic mass is 35.5. The van der Waals surface area contributed by atoms with Crippen LogP contribution in [0.15, 0.2) is 36.7 Å². The Bertz CT molecular complexity index is 795. The van der Waals surface area contributed by atoms with Gasteiger partial charge in [-0.3, -0.25) is 9.48 Å². The summed E-state index contributed by atoms with van der Waals surface area (Å²) < 4.78 is 42.2. The van der Waals surface area contributed by atoms with Crippen molar-refractivity contribution >= 4 is 18.3 Å². The molecule has 1 aromatic heterocycles. The molecular weight excluding hydrogens is 397 g/mol. The number of nitrogens with zero attached hydrogens (tertiary/aromatic N) is 3. The first-order valence-corrected chi connectivity index (χ1v) is 8.52. The Morgan fingerprint density at radius 3 is 2.57 bits per heavy atom. The molecule has 28 heavy (non-hydrogen) atoms. The number of hydrogen-bond acceptors (Lipinski definition) is 4. The summed E-state index contributed by atoms with van der Waals surface area (Å²) in [6.07, 6.45) is -1.03. The zero-order valence-electron chi connectivity index (χ0n) is 15.4. The van der Waals surface area contributed by atoms with Crippen LogP contribution in [0.4, 0.5) is 13.2 Å². The third kappa shape index (κ3) is 5.39. The van der Waals surface area contributed by atoms with Crippen molar-refractivity contribution in [2.24, 2.45) is 13.0 Å². The molecule has 0 saturated carbocycles. The van der Waals surface area contributed by atoms with Crippen LogP contribution in [0.2, 0.25) is 0 Å². The van der Waals surface area contributed by atoms with Crippen molar-refractivity contribution in [1.82, 2.24) is 20.0 Å². The van der Waals surface area contributed by atoms with E-state index in [1.807, 2.05) is 13.2 Å². The number of aromatic nitrogens is 2. The molecule has 0 aliphatic carbocycles. The first kappa shape index (κ1) is 22.0. The van der Waals surface area contributed by atoms with Gasteiger partial charge in [0.2, 0.25) is 5.91 Å². The number of alkyl halides is 3. The molecule has 10 heteroatoms. The number of nitrogens with one attached hydrogen (secondary N) is 1. The van der Waals surface area contributed by atoms with Gasteiger partial charge in [0.05, 0.1) is 12.1 Å². The fourth-order valence-corrected chi connectivity index (χ4v) is 3.35. The molecular formula is C18H22ClF3N4O2. The molecule has 1 saturated heterocycles. The third-order valence-corrected chi connectivity index (χ3v) is 4.64. The van der Waals surface area contributed by atoms with Gasteiger partial charge in [-0.1, -0.05) is 12.1 Å². The average molecular weight is 419 g/mol. The topological polar surface area (TPSA) is 59.4 Å². The molecule has 2 heterocycles. The molecule has 1 amide bonds. The van der Waals surface area contributed by atoms with E-state index < -0.39 is 6.36 Å². The first-order valence-electron chi connectivity index (χ1n) is 8.52. The van der Waals surface area contributed by atoms with Crippen LogP contribution >= 0.6 is 12.4 Å². The fourth-order valence-electron chi connectivity index (χ4n) is 3.35. The summed E-state index contributed by atoms with van der Waals surface area (Å²) in [6.45, 7) is 1.60. The van der Waals surface area contributed by atoms with E-state index in [0.29, 0.717) is 19.6 Å². The monoisotopic (exact) mass is 418 g/mol. The number of amides is 1. The quantitative estimate of drug-likeness (QED) is 0.811. The summed E-state index contributed by atoms with van der Waals surface area (Å²) >= 11 is 0. The Morgan fingerprint density at radius 1 is 1.32 bits per heavy atom. The summed E-state index contributed by atoms with van der Waals surface area (Å²) in [5.41, 5.74) is 1.74. The lowest BCUT2D eigenvalue weighted by Gasteiger charge is -2.24. The average Bonchev–Trinajstić information content (AvgIpc) is 3.23. The van der Waals surface area contributed by atoms with E-state index in [2.05, 4.69) is 15.2 Å². The highest BCUT2D eigenvalue weighted by Crippen LogP contribution is 2.29.